The molecule has 6 nitrogen and oxygen atoms in total. The third-order valence-corrected chi connectivity index (χ3v) is 16.0. The van der Waals surface area contributed by atoms with Gasteiger partial charge in [-0.1, -0.05) is 126 Å². The van der Waals surface area contributed by atoms with Crippen LogP contribution in [0.5, 0.6) is 17.2 Å². The Bertz CT molecular complexity index is 3930. The van der Waals surface area contributed by atoms with Crippen LogP contribution in [0.3, 0.4) is 0 Å². The molecule has 0 saturated heterocycles. The summed E-state index contributed by atoms with van der Waals surface area (Å²) < 4.78 is 125. The number of ether oxygens (including phenoxy) is 2. The average Bonchev–Trinajstić information content (AvgIpc) is 3.89. The maximum Gasteiger partial charge on any atom is 0.344 e. The lowest BCUT2D eigenvalue weighted by Gasteiger charge is -2.30. The van der Waals surface area contributed by atoms with Crippen LogP contribution in [-0.4, -0.2) is 9.13 Å². The van der Waals surface area contributed by atoms with E-state index >= 15 is 13.3 Å². The van der Waals surface area contributed by atoms with Crippen molar-refractivity contribution in [2.24, 2.45) is 0 Å². The Morgan fingerprint density at radius 2 is 1.01 bits per heavy atom. The summed E-state index contributed by atoms with van der Waals surface area (Å²) in [5.41, 5.74) is 7.96. The zero-order valence-corrected chi connectivity index (χ0v) is 41.2. The van der Waals surface area contributed by atoms with Gasteiger partial charge in [0.15, 0.2) is 11.5 Å². The van der Waals surface area contributed by atoms with E-state index in [9.17, 15) is 17.6 Å². The summed E-state index contributed by atoms with van der Waals surface area (Å²) in [5.74, 6) is -1.20. The van der Waals surface area contributed by atoms with Gasteiger partial charge in [0.25, 0.3) is 0 Å². The minimum absolute atomic E-state index is 0.0572. The topological polar surface area (TPSA) is 54.6 Å². The highest BCUT2D eigenvalue weighted by Gasteiger charge is 2.43. The van der Waals surface area contributed by atoms with Gasteiger partial charge in [-0.25, -0.2) is 0 Å². The first-order valence-electron chi connectivity index (χ1n) is 23.5. The Balaban J connectivity index is 1.18. The first kappa shape index (κ1) is 47.4. The molecule has 0 fully saturated rings. The highest BCUT2D eigenvalue weighted by molar-refractivity contribution is 7.75. The second kappa shape index (κ2) is 17.4. The molecule has 0 saturated carbocycles. The lowest BCUT2D eigenvalue weighted by Crippen LogP contribution is -2.26. The molecule has 0 amide bonds. The van der Waals surface area contributed by atoms with Gasteiger partial charge < -0.3 is 23.1 Å². The zero-order valence-electron chi connectivity index (χ0n) is 40.3. The summed E-state index contributed by atoms with van der Waals surface area (Å²) in [7, 11) is -4.69. The maximum absolute atomic E-state index is 16.0. The van der Waals surface area contributed by atoms with Crippen LogP contribution in [0.4, 0.5) is 26.3 Å². The standard InChI is InChI=1S/C60H45F6N2O4P/c1-59(2,3)36-23-28-45-42(31-36)43-32-37(60(4,5)6)24-29-46(43)67(45)39-25-20-34(21-26-39)35-22-27-47-44(30-35)52-53(68(47)38-14-8-7-9-15-38)49(70-57(65)55(61)62)33-51(54(52)71-58(66)56(63)64)73(69)50-19-13-11-17-41(50)40-16-10-12-18-48(40)72-73/h7-33H,1-6H3. The predicted molar refractivity (Wildman–Crippen MR) is 279 cm³/mol. The smallest absolute Gasteiger partial charge is 0.344 e. The molecule has 1 atom stereocenters. The van der Waals surface area contributed by atoms with Crippen LogP contribution < -0.4 is 24.6 Å². The number of hydrogen-bond donors (Lipinski definition) is 0. The van der Waals surface area contributed by atoms with Crippen LogP contribution >= 0.6 is 7.37 Å². The Labute approximate surface area is 416 Å². The third-order valence-electron chi connectivity index (χ3n) is 13.5. The van der Waals surface area contributed by atoms with Crippen LogP contribution in [0.25, 0.3) is 77.2 Å². The summed E-state index contributed by atoms with van der Waals surface area (Å²) in [6, 6.07) is 44.1. The normalized spacial score (nSPS) is 14.5. The van der Waals surface area contributed by atoms with Gasteiger partial charge in [0, 0.05) is 39.2 Å². The molecule has 0 radical (unpaired) electrons. The van der Waals surface area contributed by atoms with Crippen molar-refractivity contribution in [2.75, 3.05) is 0 Å². The highest BCUT2D eigenvalue weighted by atomic mass is 31.2. The molecule has 1 aliphatic heterocycles. The Hall–Kier alpha value is -7.95. The van der Waals surface area contributed by atoms with Crippen molar-refractivity contribution < 1.29 is 44.9 Å². The van der Waals surface area contributed by atoms with Gasteiger partial charge in [-0.05, 0) is 111 Å². The lowest BCUT2D eigenvalue weighted by molar-refractivity contribution is 0.240. The molecule has 2 aromatic heterocycles. The highest BCUT2D eigenvalue weighted by Crippen LogP contribution is 2.58. The fourth-order valence-corrected chi connectivity index (χ4v) is 12.4. The second-order valence-electron chi connectivity index (χ2n) is 20.1. The molecular formula is C60H45F6N2O4P. The molecular weight excluding hydrogens is 958 g/mol. The van der Waals surface area contributed by atoms with Crippen molar-refractivity contribution in [3.63, 3.8) is 0 Å². The first-order chi connectivity index (χ1) is 34.8. The Morgan fingerprint density at radius 1 is 0.493 bits per heavy atom. The summed E-state index contributed by atoms with van der Waals surface area (Å²) >= 11 is 0. The molecule has 0 N–H and O–H groups in total. The van der Waals surface area contributed by atoms with E-state index in [0.29, 0.717) is 33.5 Å². The van der Waals surface area contributed by atoms with Gasteiger partial charge in [0.05, 0.1) is 32.5 Å². The van der Waals surface area contributed by atoms with Crippen LogP contribution in [0, 0.1) is 0 Å². The largest absolute Gasteiger partial charge is 0.436 e. The molecule has 1 aliphatic rings. The van der Waals surface area contributed by atoms with Crippen LogP contribution in [0.2, 0.25) is 0 Å². The zero-order chi connectivity index (χ0) is 51.3. The molecule has 13 heteroatoms. The van der Waals surface area contributed by atoms with E-state index in [-0.39, 0.29) is 38.2 Å². The van der Waals surface area contributed by atoms with E-state index in [1.54, 1.807) is 84.9 Å². The number of para-hydroxylation sites is 2. The van der Waals surface area contributed by atoms with Crippen LogP contribution in [0.1, 0.15) is 52.7 Å². The molecule has 3 heterocycles. The summed E-state index contributed by atoms with van der Waals surface area (Å²) in [5, 5.41) is 1.73. The minimum atomic E-state index is -4.69. The fraction of sp³-hybridized carbons (Fsp3) is 0.133. The number of fused-ring (bicyclic) bond motifs is 9. The van der Waals surface area contributed by atoms with Crippen LogP contribution in [-0.2, 0) is 15.4 Å². The van der Waals surface area contributed by atoms with Gasteiger partial charge in [-0.3, -0.25) is 4.57 Å². The number of halogens is 6. The number of benzene rings is 8. The second-order valence-corrected chi connectivity index (χ2v) is 22.4. The molecule has 0 aliphatic carbocycles. The van der Waals surface area contributed by atoms with Crippen molar-refractivity contribution in [2.45, 2.75) is 52.4 Å². The Morgan fingerprint density at radius 3 is 1.63 bits per heavy atom. The van der Waals surface area contributed by atoms with Crippen molar-refractivity contribution in [1.82, 2.24) is 9.13 Å². The van der Waals surface area contributed by atoms with Gasteiger partial charge in [0.1, 0.15) is 11.3 Å². The molecule has 366 valence electrons. The van der Waals surface area contributed by atoms with E-state index in [1.165, 1.54) is 21.8 Å². The first-order valence-corrected chi connectivity index (χ1v) is 25.1. The van der Waals surface area contributed by atoms with Gasteiger partial charge in [0.2, 0.25) is 0 Å². The van der Waals surface area contributed by atoms with E-state index in [4.69, 9.17) is 14.0 Å². The summed E-state index contributed by atoms with van der Waals surface area (Å²) in [6.45, 7) is 13.2. The van der Waals surface area contributed by atoms with E-state index in [0.717, 1.165) is 33.6 Å². The molecule has 8 aromatic carbocycles. The van der Waals surface area contributed by atoms with Crippen molar-refractivity contribution in [3.05, 3.63) is 199 Å². The summed E-state index contributed by atoms with van der Waals surface area (Å²) in [6.07, 6.45) is -5.64. The molecule has 0 bridgehead atoms. The number of rotatable bonds is 8. The number of hydrogen-bond acceptors (Lipinski definition) is 4. The monoisotopic (exact) mass is 1000 g/mol. The third kappa shape index (κ3) is 7.96. The molecule has 10 aromatic rings. The number of aromatic nitrogens is 2. The van der Waals surface area contributed by atoms with E-state index in [2.05, 4.69) is 82.5 Å². The number of nitrogens with zero attached hydrogens (tertiary/aromatic N) is 2. The van der Waals surface area contributed by atoms with E-state index < -0.39 is 48.4 Å². The summed E-state index contributed by atoms with van der Waals surface area (Å²) in [4.78, 5) is 0. The Kier molecular flexibility index (Phi) is 11.3. The van der Waals surface area contributed by atoms with Crippen molar-refractivity contribution in [3.8, 4) is 50.9 Å². The van der Waals surface area contributed by atoms with E-state index in [1.807, 2.05) is 30.3 Å². The molecule has 0 spiro atoms. The van der Waals surface area contributed by atoms with Crippen LogP contribution in [0.15, 0.2) is 188 Å². The SMILES string of the molecule is CC(C)(C)c1ccc2c(c1)c1cc(C(C)(C)C)ccc1n2-c1ccc(-c2ccc3c(c2)c2c(OC(F)=C(F)F)c(P4(=O)Oc5ccccc5-c5ccccc54)cc(OC(F)=C(F)F)c2n3-c2ccccc2)cc1. The van der Waals surface area contributed by atoms with Crippen molar-refractivity contribution >= 4 is 61.6 Å². The molecule has 73 heavy (non-hydrogen) atoms. The molecule has 1 unspecified atom stereocenters. The maximum atomic E-state index is 16.0. The minimum Gasteiger partial charge on any atom is -0.436 e. The van der Waals surface area contributed by atoms with Crippen molar-refractivity contribution in [1.29, 1.82) is 0 Å². The average molecular weight is 1000 g/mol. The fourth-order valence-electron chi connectivity index (χ4n) is 9.96. The lowest BCUT2D eigenvalue weighted by atomic mass is 9.85. The predicted octanol–water partition coefficient (Wildman–Crippen LogP) is 17.3. The van der Waals surface area contributed by atoms with Gasteiger partial charge in [-0.15, -0.1) is 0 Å². The quantitative estimate of drug-likeness (QED) is 0.0865. The van der Waals surface area contributed by atoms with Gasteiger partial charge in [-0.2, -0.15) is 26.3 Å². The molecule has 11 rings (SSSR count). The van der Waals surface area contributed by atoms with Gasteiger partial charge >= 0.3 is 31.6 Å².